The molecule has 0 aromatic heterocycles. The van der Waals surface area contributed by atoms with Gasteiger partial charge in [0.1, 0.15) is 6.07 Å². The van der Waals surface area contributed by atoms with Crippen molar-refractivity contribution in [2.24, 2.45) is 0 Å². The van der Waals surface area contributed by atoms with Gasteiger partial charge in [-0.05, 0) is 25.5 Å². The molecule has 2 nitrogen and oxygen atoms in total. The smallest absolute Gasteiger partial charge is 0.170 e. The Morgan fingerprint density at radius 1 is 1.36 bits per heavy atom. The van der Waals surface area contributed by atoms with Crippen molar-refractivity contribution in [3.63, 3.8) is 0 Å². The summed E-state index contributed by atoms with van der Waals surface area (Å²) in [6.45, 7) is 3.38. The molecule has 0 atom stereocenters. The van der Waals surface area contributed by atoms with Crippen molar-refractivity contribution in [3.8, 4) is 6.07 Å². The van der Waals surface area contributed by atoms with Crippen molar-refractivity contribution >= 4 is 11.9 Å². The van der Waals surface area contributed by atoms with Gasteiger partial charge in [0.2, 0.25) is 0 Å². The van der Waals surface area contributed by atoms with Crippen LogP contribution in [0, 0.1) is 18.3 Å². The maximum Gasteiger partial charge on any atom is 0.170 e. The number of carbonyl (C=O) groups is 1. The van der Waals surface area contributed by atoms with Gasteiger partial charge in [-0.2, -0.15) is 5.26 Å². The van der Waals surface area contributed by atoms with E-state index in [1.165, 1.54) is 6.92 Å². The van der Waals surface area contributed by atoms with E-state index >= 15 is 0 Å². The fourth-order valence-electron chi connectivity index (χ4n) is 1.04. The molecule has 0 N–H and O–H groups in total. The minimum Gasteiger partial charge on any atom is -0.294 e. The van der Waals surface area contributed by atoms with E-state index < -0.39 is 0 Å². The van der Waals surface area contributed by atoms with Crippen molar-refractivity contribution in [1.29, 1.82) is 5.26 Å². The van der Waals surface area contributed by atoms with Crippen molar-refractivity contribution in [1.82, 2.24) is 0 Å². The average Bonchev–Trinajstić information content (AvgIpc) is 2.16. The minimum absolute atomic E-state index is 0.189. The number of allylic oxidation sites excluding steroid dienone is 1. The Bertz CT molecular complexity index is 407. The van der Waals surface area contributed by atoms with Gasteiger partial charge < -0.3 is 0 Å². The van der Waals surface area contributed by atoms with Crippen LogP contribution in [0.3, 0.4) is 0 Å². The molecule has 0 aliphatic heterocycles. The zero-order chi connectivity index (χ0) is 10.6. The summed E-state index contributed by atoms with van der Waals surface area (Å²) in [5.74, 6) is -0.201. The average molecular weight is 185 g/mol. The Kier molecular flexibility index (Phi) is 3.19. The number of aryl methyl sites for hydroxylation is 1. The molecule has 0 radical (unpaired) electrons. The molecule has 0 fully saturated rings. The van der Waals surface area contributed by atoms with E-state index in [9.17, 15) is 4.79 Å². The van der Waals surface area contributed by atoms with E-state index in [2.05, 4.69) is 0 Å². The van der Waals surface area contributed by atoms with Gasteiger partial charge in [0.05, 0.1) is 5.57 Å². The third-order valence-electron chi connectivity index (χ3n) is 1.89. The zero-order valence-corrected chi connectivity index (χ0v) is 8.24. The predicted octanol–water partition coefficient (Wildman–Crippen LogP) is 2.49. The Hall–Kier alpha value is -1.88. The lowest BCUT2D eigenvalue weighted by Crippen LogP contribution is -1.92. The molecule has 0 saturated carbocycles. The third kappa shape index (κ3) is 2.56. The number of hydrogen-bond acceptors (Lipinski definition) is 2. The topological polar surface area (TPSA) is 40.9 Å². The highest BCUT2D eigenvalue weighted by atomic mass is 16.1. The van der Waals surface area contributed by atoms with Crippen LogP contribution in [0.5, 0.6) is 0 Å². The molecule has 2 heteroatoms. The molecule has 14 heavy (non-hydrogen) atoms. The molecule has 0 saturated heterocycles. The zero-order valence-electron chi connectivity index (χ0n) is 8.24. The lowest BCUT2D eigenvalue weighted by Gasteiger charge is -1.95. The number of nitriles is 1. The van der Waals surface area contributed by atoms with Crippen molar-refractivity contribution < 1.29 is 4.79 Å². The third-order valence-corrected chi connectivity index (χ3v) is 1.89. The van der Waals surface area contributed by atoms with Gasteiger partial charge in [0.25, 0.3) is 0 Å². The summed E-state index contributed by atoms with van der Waals surface area (Å²) in [4.78, 5) is 11.0. The number of benzene rings is 1. The van der Waals surface area contributed by atoms with E-state index in [1.54, 1.807) is 6.08 Å². The maximum atomic E-state index is 11.0. The summed E-state index contributed by atoms with van der Waals surface area (Å²) in [5, 5.41) is 8.67. The summed E-state index contributed by atoms with van der Waals surface area (Å²) < 4.78 is 0. The van der Waals surface area contributed by atoms with Gasteiger partial charge >= 0.3 is 0 Å². The Morgan fingerprint density at radius 3 is 2.36 bits per heavy atom. The number of hydrogen-bond donors (Lipinski definition) is 0. The van der Waals surface area contributed by atoms with Gasteiger partial charge in [0, 0.05) is 0 Å². The highest BCUT2D eigenvalue weighted by molar-refractivity contribution is 6.01. The second-order valence-corrected chi connectivity index (χ2v) is 3.14. The fraction of sp³-hybridized carbons (Fsp3) is 0.167. The van der Waals surface area contributed by atoms with Crippen LogP contribution in [0.15, 0.2) is 29.8 Å². The van der Waals surface area contributed by atoms with Crippen LogP contribution in [0.1, 0.15) is 18.1 Å². The summed E-state index contributed by atoms with van der Waals surface area (Å²) >= 11 is 0. The number of Topliss-reactive ketones (excluding diaryl/α,β-unsaturated/α-hetero) is 1. The summed E-state index contributed by atoms with van der Waals surface area (Å²) in [6, 6.07) is 9.54. The SMILES string of the molecule is CC(=O)/C(C#N)=C\c1ccc(C)cc1. The molecule has 0 aliphatic carbocycles. The van der Waals surface area contributed by atoms with E-state index in [0.717, 1.165) is 11.1 Å². The predicted molar refractivity (Wildman–Crippen MR) is 55.5 cm³/mol. The van der Waals surface area contributed by atoms with E-state index in [-0.39, 0.29) is 11.4 Å². The molecular formula is C12H11NO. The second-order valence-electron chi connectivity index (χ2n) is 3.14. The van der Waals surface area contributed by atoms with Crippen LogP contribution in [0.2, 0.25) is 0 Å². The molecule has 1 rings (SSSR count). The van der Waals surface area contributed by atoms with Gasteiger partial charge in [-0.15, -0.1) is 0 Å². The fourth-order valence-corrected chi connectivity index (χ4v) is 1.04. The standard InChI is InChI=1S/C12H11NO/c1-9-3-5-11(6-4-9)7-12(8-13)10(2)14/h3-7H,1-2H3/b12-7-. The van der Waals surface area contributed by atoms with Gasteiger partial charge in [0.15, 0.2) is 5.78 Å². The molecule has 1 aromatic rings. The first-order valence-electron chi connectivity index (χ1n) is 4.33. The van der Waals surface area contributed by atoms with Gasteiger partial charge in [-0.25, -0.2) is 0 Å². The van der Waals surface area contributed by atoms with E-state index in [4.69, 9.17) is 5.26 Å². The first-order valence-corrected chi connectivity index (χ1v) is 4.33. The number of ketones is 1. The minimum atomic E-state index is -0.201. The Balaban J connectivity index is 3.03. The highest BCUT2D eigenvalue weighted by Gasteiger charge is 2.01. The summed E-state index contributed by atoms with van der Waals surface area (Å²) in [5.41, 5.74) is 2.22. The first-order chi connectivity index (χ1) is 6.63. The van der Waals surface area contributed by atoms with Crippen molar-refractivity contribution in [3.05, 3.63) is 41.0 Å². The molecule has 0 aliphatic rings. The van der Waals surface area contributed by atoms with Crippen LogP contribution >= 0.6 is 0 Å². The van der Waals surface area contributed by atoms with Crippen LogP contribution in [-0.2, 0) is 4.79 Å². The second kappa shape index (κ2) is 4.38. The lowest BCUT2D eigenvalue weighted by atomic mass is 10.1. The van der Waals surface area contributed by atoms with Gasteiger partial charge in [-0.1, -0.05) is 29.8 Å². The lowest BCUT2D eigenvalue weighted by molar-refractivity contribution is -0.113. The molecular weight excluding hydrogens is 174 g/mol. The van der Waals surface area contributed by atoms with Gasteiger partial charge in [-0.3, -0.25) is 4.79 Å². The first kappa shape index (κ1) is 10.2. The Labute approximate surface area is 83.5 Å². The van der Waals surface area contributed by atoms with Crippen molar-refractivity contribution in [2.45, 2.75) is 13.8 Å². The van der Waals surface area contributed by atoms with E-state index in [1.807, 2.05) is 37.3 Å². The van der Waals surface area contributed by atoms with E-state index in [0.29, 0.717) is 0 Å². The number of rotatable bonds is 2. The molecule has 1 aromatic carbocycles. The molecule has 0 bridgehead atoms. The van der Waals surface area contributed by atoms with Crippen LogP contribution in [-0.4, -0.2) is 5.78 Å². The van der Waals surface area contributed by atoms with Crippen LogP contribution in [0.4, 0.5) is 0 Å². The molecule has 0 amide bonds. The summed E-state index contributed by atoms with van der Waals surface area (Å²) in [6.07, 6.45) is 1.60. The maximum absolute atomic E-state index is 11.0. The molecule has 0 spiro atoms. The quantitative estimate of drug-likeness (QED) is 0.524. The molecule has 0 unspecified atom stereocenters. The Morgan fingerprint density at radius 2 is 1.93 bits per heavy atom. The molecule has 70 valence electrons. The monoisotopic (exact) mass is 185 g/mol. The van der Waals surface area contributed by atoms with Crippen LogP contribution < -0.4 is 0 Å². The largest absolute Gasteiger partial charge is 0.294 e. The van der Waals surface area contributed by atoms with Crippen LogP contribution in [0.25, 0.3) is 6.08 Å². The number of carbonyl (C=O) groups excluding carboxylic acids is 1. The molecule has 0 heterocycles. The normalized spacial score (nSPS) is 10.8. The summed E-state index contributed by atoms with van der Waals surface area (Å²) in [7, 11) is 0. The highest BCUT2D eigenvalue weighted by Crippen LogP contribution is 2.08. The van der Waals surface area contributed by atoms with Crippen molar-refractivity contribution in [2.75, 3.05) is 0 Å². The number of nitrogens with zero attached hydrogens (tertiary/aromatic N) is 1.